The van der Waals surface area contributed by atoms with Gasteiger partial charge < -0.3 is 10.0 Å². The number of likely N-dealkylation sites (tertiary alicyclic amines) is 1. The summed E-state index contributed by atoms with van der Waals surface area (Å²) in [7, 11) is 0. The van der Waals surface area contributed by atoms with Crippen LogP contribution in [0.3, 0.4) is 0 Å². The van der Waals surface area contributed by atoms with Crippen LogP contribution in [-0.4, -0.2) is 49.7 Å². The van der Waals surface area contributed by atoms with Gasteiger partial charge in [-0.25, -0.2) is 0 Å². The summed E-state index contributed by atoms with van der Waals surface area (Å²) in [5.74, 6) is -1.42. The second-order valence-electron chi connectivity index (χ2n) is 4.99. The largest absolute Gasteiger partial charge is 0.481 e. The van der Waals surface area contributed by atoms with Crippen LogP contribution in [0.5, 0.6) is 0 Å². The molecule has 1 N–H and O–H groups in total. The first kappa shape index (κ1) is 13.3. The monoisotopic (exact) mass is 286 g/mol. The number of aromatic nitrogens is 3. The van der Waals surface area contributed by atoms with Crippen molar-refractivity contribution >= 4 is 11.9 Å². The summed E-state index contributed by atoms with van der Waals surface area (Å²) in [5.41, 5.74) is 1.42. The van der Waals surface area contributed by atoms with Crippen LogP contribution in [0.2, 0.25) is 0 Å². The first-order valence-electron chi connectivity index (χ1n) is 6.62. The van der Waals surface area contributed by atoms with Crippen molar-refractivity contribution in [3.8, 4) is 5.69 Å². The van der Waals surface area contributed by atoms with Crippen molar-refractivity contribution in [1.29, 1.82) is 0 Å². The maximum absolute atomic E-state index is 12.3. The Bertz CT molecular complexity index is 651. The van der Waals surface area contributed by atoms with Gasteiger partial charge in [0.25, 0.3) is 5.91 Å². The van der Waals surface area contributed by atoms with Crippen molar-refractivity contribution < 1.29 is 14.7 Å². The molecule has 0 aliphatic carbocycles. The zero-order valence-corrected chi connectivity index (χ0v) is 11.2. The topological polar surface area (TPSA) is 88.3 Å². The number of carboxylic acid groups (broad SMARTS) is 1. The van der Waals surface area contributed by atoms with E-state index < -0.39 is 11.9 Å². The Morgan fingerprint density at radius 3 is 2.38 bits per heavy atom. The molecule has 108 valence electrons. The lowest BCUT2D eigenvalue weighted by molar-refractivity contribution is -0.141. The Balaban J connectivity index is 1.72. The number of aliphatic carboxylic acids is 1. The van der Waals surface area contributed by atoms with Crippen LogP contribution >= 0.6 is 0 Å². The summed E-state index contributed by atoms with van der Waals surface area (Å²) in [6, 6.07) is 7.07. The van der Waals surface area contributed by atoms with Gasteiger partial charge in [-0.3, -0.25) is 14.2 Å². The first-order chi connectivity index (χ1) is 10.1. The van der Waals surface area contributed by atoms with E-state index in [4.69, 9.17) is 5.11 Å². The predicted molar refractivity (Wildman–Crippen MR) is 73.0 cm³/mol. The Morgan fingerprint density at radius 1 is 1.14 bits per heavy atom. The molecule has 3 rings (SSSR count). The zero-order chi connectivity index (χ0) is 14.8. The fraction of sp³-hybridized carbons (Fsp3) is 0.286. The molecule has 1 atom stereocenters. The Kier molecular flexibility index (Phi) is 3.39. The molecule has 7 heteroatoms. The van der Waals surface area contributed by atoms with Crippen LogP contribution in [0.1, 0.15) is 16.8 Å². The van der Waals surface area contributed by atoms with E-state index >= 15 is 0 Å². The number of amides is 1. The van der Waals surface area contributed by atoms with Crippen LogP contribution in [0.4, 0.5) is 0 Å². The van der Waals surface area contributed by atoms with E-state index in [1.54, 1.807) is 46.4 Å². The first-order valence-corrected chi connectivity index (χ1v) is 6.62. The van der Waals surface area contributed by atoms with Gasteiger partial charge in [0.05, 0.1) is 5.92 Å². The number of nitrogens with zero attached hydrogens (tertiary/aromatic N) is 4. The number of carbonyl (C=O) groups is 2. The molecule has 2 aromatic rings. The molecule has 0 spiro atoms. The summed E-state index contributed by atoms with van der Waals surface area (Å²) >= 11 is 0. The van der Waals surface area contributed by atoms with E-state index in [-0.39, 0.29) is 12.5 Å². The van der Waals surface area contributed by atoms with Gasteiger partial charge in [-0.1, -0.05) is 0 Å². The molecule has 1 saturated heterocycles. The highest BCUT2D eigenvalue weighted by Gasteiger charge is 2.31. The average molecular weight is 286 g/mol. The number of carbonyl (C=O) groups excluding carboxylic acids is 1. The standard InChI is InChI=1S/C14H14N4O3/c19-13(17-6-5-11(7-17)14(20)21)10-1-3-12(4-2-10)18-8-15-16-9-18/h1-4,8-9,11H,5-7H2,(H,20,21)/t11-/m1/s1. The molecule has 21 heavy (non-hydrogen) atoms. The van der Waals surface area contributed by atoms with Gasteiger partial charge in [0.2, 0.25) is 0 Å². The number of carboxylic acids is 1. The van der Waals surface area contributed by atoms with Gasteiger partial charge in [-0.15, -0.1) is 10.2 Å². The maximum Gasteiger partial charge on any atom is 0.308 e. The molecule has 1 aromatic heterocycles. The maximum atomic E-state index is 12.3. The number of benzene rings is 1. The molecular formula is C14H14N4O3. The number of hydrogen-bond acceptors (Lipinski definition) is 4. The molecule has 7 nitrogen and oxygen atoms in total. The SMILES string of the molecule is O=C(O)[C@@H]1CCN(C(=O)c2ccc(-n3cnnc3)cc2)C1. The molecule has 0 bridgehead atoms. The lowest BCUT2D eigenvalue weighted by Gasteiger charge is -2.16. The summed E-state index contributed by atoms with van der Waals surface area (Å²) in [4.78, 5) is 24.8. The fourth-order valence-corrected chi connectivity index (χ4v) is 2.44. The summed E-state index contributed by atoms with van der Waals surface area (Å²) < 4.78 is 1.74. The Labute approximate surface area is 120 Å². The van der Waals surface area contributed by atoms with Crippen molar-refractivity contribution in [1.82, 2.24) is 19.7 Å². The molecule has 0 saturated carbocycles. The molecule has 0 unspecified atom stereocenters. The minimum absolute atomic E-state index is 0.131. The lowest BCUT2D eigenvalue weighted by Crippen LogP contribution is -2.29. The quantitative estimate of drug-likeness (QED) is 0.902. The molecule has 1 aliphatic rings. The van der Waals surface area contributed by atoms with E-state index in [0.29, 0.717) is 18.5 Å². The highest BCUT2D eigenvalue weighted by atomic mass is 16.4. The van der Waals surface area contributed by atoms with E-state index in [1.807, 2.05) is 0 Å². The van der Waals surface area contributed by atoms with Gasteiger partial charge in [-0.2, -0.15) is 0 Å². The molecule has 1 fully saturated rings. The van der Waals surface area contributed by atoms with Gasteiger partial charge >= 0.3 is 5.97 Å². The fourth-order valence-electron chi connectivity index (χ4n) is 2.44. The van der Waals surface area contributed by atoms with E-state index in [9.17, 15) is 9.59 Å². The Hall–Kier alpha value is -2.70. The zero-order valence-electron chi connectivity index (χ0n) is 11.2. The highest BCUT2D eigenvalue weighted by Crippen LogP contribution is 2.19. The lowest BCUT2D eigenvalue weighted by atomic mass is 10.1. The average Bonchev–Trinajstić information content (AvgIpc) is 3.18. The number of rotatable bonds is 3. The van der Waals surface area contributed by atoms with Gasteiger partial charge in [0, 0.05) is 24.3 Å². The molecular weight excluding hydrogens is 272 g/mol. The molecule has 1 aliphatic heterocycles. The van der Waals surface area contributed by atoms with Gasteiger partial charge in [0.1, 0.15) is 12.7 Å². The van der Waals surface area contributed by atoms with E-state index in [2.05, 4.69) is 10.2 Å². The summed E-state index contributed by atoms with van der Waals surface area (Å²) in [5, 5.41) is 16.4. The van der Waals surface area contributed by atoms with Crippen LogP contribution in [-0.2, 0) is 4.79 Å². The minimum Gasteiger partial charge on any atom is -0.481 e. The number of hydrogen-bond donors (Lipinski definition) is 1. The van der Waals surface area contributed by atoms with Crippen molar-refractivity contribution in [2.75, 3.05) is 13.1 Å². The summed E-state index contributed by atoms with van der Waals surface area (Å²) in [6.45, 7) is 0.768. The van der Waals surface area contributed by atoms with Crippen LogP contribution < -0.4 is 0 Å². The van der Waals surface area contributed by atoms with Crippen molar-refractivity contribution in [3.63, 3.8) is 0 Å². The molecule has 1 aromatic carbocycles. The second-order valence-corrected chi connectivity index (χ2v) is 4.99. The molecule has 1 amide bonds. The van der Waals surface area contributed by atoms with Crippen LogP contribution in [0, 0.1) is 5.92 Å². The highest BCUT2D eigenvalue weighted by molar-refractivity contribution is 5.95. The predicted octanol–water partition coefficient (Wildman–Crippen LogP) is 0.814. The second kappa shape index (κ2) is 5.35. The Morgan fingerprint density at radius 2 is 1.81 bits per heavy atom. The van der Waals surface area contributed by atoms with E-state index in [0.717, 1.165) is 5.69 Å². The van der Waals surface area contributed by atoms with Crippen molar-refractivity contribution in [2.24, 2.45) is 5.92 Å². The third kappa shape index (κ3) is 2.62. The van der Waals surface area contributed by atoms with Crippen molar-refractivity contribution in [3.05, 3.63) is 42.5 Å². The van der Waals surface area contributed by atoms with Crippen molar-refractivity contribution in [2.45, 2.75) is 6.42 Å². The van der Waals surface area contributed by atoms with Gasteiger partial charge in [-0.05, 0) is 30.7 Å². The van der Waals surface area contributed by atoms with Crippen LogP contribution in [0.15, 0.2) is 36.9 Å². The summed E-state index contributed by atoms with van der Waals surface area (Å²) in [6.07, 6.45) is 3.67. The third-order valence-electron chi connectivity index (χ3n) is 3.66. The normalized spacial score (nSPS) is 17.9. The molecule has 0 radical (unpaired) electrons. The van der Waals surface area contributed by atoms with Gasteiger partial charge in [0.15, 0.2) is 0 Å². The van der Waals surface area contributed by atoms with E-state index in [1.165, 1.54) is 0 Å². The van der Waals surface area contributed by atoms with Crippen LogP contribution in [0.25, 0.3) is 5.69 Å². The minimum atomic E-state index is -0.840. The third-order valence-corrected chi connectivity index (χ3v) is 3.66. The smallest absolute Gasteiger partial charge is 0.308 e. The molecule has 2 heterocycles.